The summed E-state index contributed by atoms with van der Waals surface area (Å²) in [5, 5.41) is 3.77. The van der Waals surface area contributed by atoms with Gasteiger partial charge in [0.05, 0.1) is 0 Å². The van der Waals surface area contributed by atoms with Crippen molar-refractivity contribution in [2.45, 2.75) is 65.3 Å². The molecule has 2 unspecified atom stereocenters. The Morgan fingerprint density at radius 3 is 2.53 bits per heavy atom. The van der Waals surface area contributed by atoms with Gasteiger partial charge in [0.15, 0.2) is 0 Å². The number of nitrogens with one attached hydrogen (secondary N) is 1. The fourth-order valence-corrected chi connectivity index (χ4v) is 3.92. The van der Waals surface area contributed by atoms with E-state index in [1.807, 2.05) is 0 Å². The molecule has 0 bridgehead atoms. The van der Waals surface area contributed by atoms with Crippen molar-refractivity contribution in [1.82, 2.24) is 10.2 Å². The van der Waals surface area contributed by atoms with Gasteiger partial charge in [-0.2, -0.15) is 0 Å². The SMILES string of the molecule is CCCNC1CC(C(C)C)CN(CC2CCCC2)C1. The summed E-state index contributed by atoms with van der Waals surface area (Å²) in [6.45, 7) is 12.3. The van der Waals surface area contributed by atoms with Crippen LogP contribution in [-0.4, -0.2) is 37.1 Å². The number of hydrogen-bond acceptors (Lipinski definition) is 2. The number of likely N-dealkylation sites (tertiary alicyclic amines) is 1. The zero-order valence-electron chi connectivity index (χ0n) is 13.3. The van der Waals surface area contributed by atoms with Crippen molar-refractivity contribution < 1.29 is 0 Å². The minimum atomic E-state index is 0.738. The van der Waals surface area contributed by atoms with Gasteiger partial charge in [-0.15, -0.1) is 0 Å². The minimum Gasteiger partial charge on any atom is -0.313 e. The average Bonchev–Trinajstić information content (AvgIpc) is 2.89. The summed E-state index contributed by atoms with van der Waals surface area (Å²) in [5.74, 6) is 2.72. The smallest absolute Gasteiger partial charge is 0.0198 e. The van der Waals surface area contributed by atoms with Gasteiger partial charge in [0.2, 0.25) is 0 Å². The summed E-state index contributed by atoms with van der Waals surface area (Å²) in [5.41, 5.74) is 0. The Labute approximate surface area is 120 Å². The van der Waals surface area contributed by atoms with Crippen LogP contribution in [0.4, 0.5) is 0 Å². The third-order valence-corrected chi connectivity index (χ3v) is 5.18. The van der Waals surface area contributed by atoms with Crippen LogP contribution in [0.3, 0.4) is 0 Å². The predicted molar refractivity (Wildman–Crippen MR) is 83.4 cm³/mol. The van der Waals surface area contributed by atoms with E-state index in [0.29, 0.717) is 0 Å². The van der Waals surface area contributed by atoms with Crippen molar-refractivity contribution in [3.8, 4) is 0 Å². The largest absolute Gasteiger partial charge is 0.313 e. The molecular formula is C17H34N2. The Balaban J connectivity index is 1.85. The van der Waals surface area contributed by atoms with Crippen LogP contribution in [0.1, 0.15) is 59.3 Å². The monoisotopic (exact) mass is 266 g/mol. The van der Waals surface area contributed by atoms with Crippen LogP contribution < -0.4 is 5.32 Å². The summed E-state index contributed by atoms with van der Waals surface area (Å²) in [6, 6.07) is 0.738. The molecule has 2 rings (SSSR count). The van der Waals surface area contributed by atoms with Crippen LogP contribution >= 0.6 is 0 Å². The van der Waals surface area contributed by atoms with Gasteiger partial charge in [0, 0.05) is 25.7 Å². The maximum Gasteiger partial charge on any atom is 0.0198 e. The molecule has 0 aromatic carbocycles. The Bertz CT molecular complexity index is 244. The van der Waals surface area contributed by atoms with Crippen molar-refractivity contribution in [3.05, 3.63) is 0 Å². The Kier molecular flexibility index (Phi) is 6.15. The third kappa shape index (κ3) is 4.75. The summed E-state index contributed by atoms with van der Waals surface area (Å²) >= 11 is 0. The van der Waals surface area contributed by atoms with Gasteiger partial charge in [0.25, 0.3) is 0 Å². The first kappa shape index (κ1) is 15.3. The lowest BCUT2D eigenvalue weighted by molar-refractivity contribution is 0.101. The van der Waals surface area contributed by atoms with E-state index in [2.05, 4.69) is 31.0 Å². The molecule has 1 aliphatic heterocycles. The van der Waals surface area contributed by atoms with Crippen LogP contribution in [0.15, 0.2) is 0 Å². The molecule has 19 heavy (non-hydrogen) atoms. The van der Waals surface area contributed by atoms with E-state index in [1.54, 1.807) is 0 Å². The van der Waals surface area contributed by atoms with E-state index < -0.39 is 0 Å². The van der Waals surface area contributed by atoms with Gasteiger partial charge in [-0.25, -0.2) is 0 Å². The molecule has 1 heterocycles. The van der Waals surface area contributed by atoms with Gasteiger partial charge in [0.1, 0.15) is 0 Å². The molecule has 1 saturated carbocycles. The summed E-state index contributed by atoms with van der Waals surface area (Å²) in [4.78, 5) is 2.78. The zero-order valence-corrected chi connectivity index (χ0v) is 13.3. The first-order valence-corrected chi connectivity index (χ1v) is 8.64. The van der Waals surface area contributed by atoms with E-state index in [1.165, 1.54) is 64.7 Å². The molecular weight excluding hydrogens is 232 g/mol. The standard InChI is InChI=1S/C17H34N2/c1-4-9-18-17-10-16(14(2)3)12-19(13-17)11-15-7-5-6-8-15/h14-18H,4-13H2,1-3H3. The van der Waals surface area contributed by atoms with Crippen LogP contribution in [0.2, 0.25) is 0 Å². The first-order valence-electron chi connectivity index (χ1n) is 8.64. The topological polar surface area (TPSA) is 15.3 Å². The second-order valence-electron chi connectivity index (χ2n) is 7.26. The number of rotatable bonds is 6. The molecule has 112 valence electrons. The average molecular weight is 266 g/mol. The lowest BCUT2D eigenvalue weighted by atomic mass is 9.85. The molecule has 0 amide bonds. The number of piperidine rings is 1. The maximum absolute atomic E-state index is 3.77. The van der Waals surface area contributed by atoms with Crippen molar-refractivity contribution >= 4 is 0 Å². The normalized spacial score (nSPS) is 30.3. The van der Waals surface area contributed by atoms with Crippen LogP contribution in [0.25, 0.3) is 0 Å². The van der Waals surface area contributed by atoms with Gasteiger partial charge in [-0.1, -0.05) is 33.6 Å². The Hall–Kier alpha value is -0.0800. The second kappa shape index (κ2) is 7.64. The second-order valence-corrected chi connectivity index (χ2v) is 7.26. The van der Waals surface area contributed by atoms with Crippen molar-refractivity contribution in [3.63, 3.8) is 0 Å². The van der Waals surface area contributed by atoms with Crippen molar-refractivity contribution in [2.75, 3.05) is 26.2 Å². The van der Waals surface area contributed by atoms with E-state index >= 15 is 0 Å². The number of hydrogen-bond donors (Lipinski definition) is 1. The van der Waals surface area contributed by atoms with Crippen LogP contribution in [0.5, 0.6) is 0 Å². The van der Waals surface area contributed by atoms with E-state index in [-0.39, 0.29) is 0 Å². The summed E-state index contributed by atoms with van der Waals surface area (Å²) in [6.07, 6.45) is 8.56. The zero-order chi connectivity index (χ0) is 13.7. The molecule has 1 N–H and O–H groups in total. The van der Waals surface area contributed by atoms with Crippen LogP contribution in [0, 0.1) is 17.8 Å². The predicted octanol–water partition coefficient (Wildman–Crippen LogP) is 3.52. The maximum atomic E-state index is 3.77. The first-order chi connectivity index (χ1) is 9.19. The highest BCUT2D eigenvalue weighted by Crippen LogP contribution is 2.29. The van der Waals surface area contributed by atoms with Gasteiger partial charge < -0.3 is 10.2 Å². The molecule has 2 nitrogen and oxygen atoms in total. The molecule has 0 aromatic heterocycles. The molecule has 2 aliphatic rings. The lowest BCUT2D eigenvalue weighted by Crippen LogP contribution is -2.51. The Morgan fingerprint density at radius 2 is 1.89 bits per heavy atom. The summed E-state index contributed by atoms with van der Waals surface area (Å²) in [7, 11) is 0. The molecule has 1 aliphatic carbocycles. The molecule has 0 aromatic rings. The highest BCUT2D eigenvalue weighted by atomic mass is 15.2. The Morgan fingerprint density at radius 1 is 1.16 bits per heavy atom. The fourth-order valence-electron chi connectivity index (χ4n) is 3.92. The van der Waals surface area contributed by atoms with E-state index in [4.69, 9.17) is 0 Å². The highest BCUT2D eigenvalue weighted by molar-refractivity contribution is 4.86. The molecule has 2 heteroatoms. The molecule has 0 spiro atoms. The van der Waals surface area contributed by atoms with Crippen molar-refractivity contribution in [1.29, 1.82) is 0 Å². The number of nitrogens with zero attached hydrogens (tertiary/aromatic N) is 1. The molecule has 2 fully saturated rings. The third-order valence-electron chi connectivity index (χ3n) is 5.18. The highest BCUT2D eigenvalue weighted by Gasteiger charge is 2.30. The van der Waals surface area contributed by atoms with Crippen molar-refractivity contribution in [2.24, 2.45) is 17.8 Å². The van der Waals surface area contributed by atoms with Crippen LogP contribution in [-0.2, 0) is 0 Å². The quantitative estimate of drug-likeness (QED) is 0.791. The fraction of sp³-hybridized carbons (Fsp3) is 1.00. The molecule has 0 radical (unpaired) electrons. The van der Waals surface area contributed by atoms with E-state index in [0.717, 1.165) is 23.8 Å². The molecule has 1 saturated heterocycles. The van der Waals surface area contributed by atoms with E-state index in [9.17, 15) is 0 Å². The van der Waals surface area contributed by atoms with Gasteiger partial charge in [-0.05, 0) is 50.0 Å². The van der Waals surface area contributed by atoms with Gasteiger partial charge in [-0.3, -0.25) is 0 Å². The minimum absolute atomic E-state index is 0.738. The molecule has 2 atom stereocenters. The summed E-state index contributed by atoms with van der Waals surface area (Å²) < 4.78 is 0. The lowest BCUT2D eigenvalue weighted by Gasteiger charge is -2.41. The van der Waals surface area contributed by atoms with Gasteiger partial charge >= 0.3 is 0 Å².